The van der Waals surface area contributed by atoms with Crippen LogP contribution in [0.4, 0.5) is 0 Å². The Kier molecular flexibility index (Phi) is 4.32. The molecule has 0 N–H and O–H groups in total. The molecule has 1 amide bonds. The number of carbonyl (C=O) groups is 1. The number of fused-ring (bicyclic) bond motifs is 1. The van der Waals surface area contributed by atoms with Gasteiger partial charge in [-0.2, -0.15) is 0 Å². The third-order valence-electron chi connectivity index (χ3n) is 4.62. The second-order valence-corrected chi connectivity index (χ2v) is 8.72. The maximum Gasteiger partial charge on any atom is 0.336 e. The molecule has 8 heteroatoms. The summed E-state index contributed by atoms with van der Waals surface area (Å²) in [6.07, 6.45) is 0.415. The third-order valence-corrected chi connectivity index (χ3v) is 6.51. The Morgan fingerprint density at radius 1 is 1.32 bits per heavy atom. The number of ether oxygens (including phenoxy) is 1. The van der Waals surface area contributed by atoms with Crippen molar-refractivity contribution in [1.82, 2.24) is 4.90 Å². The van der Waals surface area contributed by atoms with Crippen LogP contribution >= 0.6 is 0 Å². The van der Waals surface area contributed by atoms with E-state index in [0.29, 0.717) is 17.8 Å². The number of amides is 1. The molecule has 1 aliphatic heterocycles. The zero-order valence-electron chi connectivity index (χ0n) is 14.0. The van der Waals surface area contributed by atoms with Gasteiger partial charge < -0.3 is 14.1 Å². The second-order valence-electron chi connectivity index (χ2n) is 6.53. The lowest BCUT2D eigenvalue weighted by Gasteiger charge is -2.34. The molecule has 0 radical (unpaired) electrons. The Balaban J connectivity index is 1.69. The summed E-state index contributed by atoms with van der Waals surface area (Å²) in [4.78, 5) is 25.1. The Morgan fingerprint density at radius 3 is 2.72 bits per heavy atom. The molecule has 1 aromatic heterocycles. The fraction of sp³-hybridized carbons (Fsp3) is 0.412. The van der Waals surface area contributed by atoms with Gasteiger partial charge in [0.05, 0.1) is 17.0 Å². The number of benzene rings is 1. The van der Waals surface area contributed by atoms with E-state index in [1.54, 1.807) is 38.2 Å². The van der Waals surface area contributed by atoms with E-state index in [2.05, 4.69) is 0 Å². The van der Waals surface area contributed by atoms with E-state index in [-0.39, 0.29) is 24.0 Å². The molecule has 0 bridgehead atoms. The van der Waals surface area contributed by atoms with E-state index in [1.165, 1.54) is 11.0 Å². The maximum atomic E-state index is 12.4. The quantitative estimate of drug-likeness (QED) is 0.756. The van der Waals surface area contributed by atoms with Crippen LogP contribution in [0, 0.1) is 0 Å². The zero-order valence-corrected chi connectivity index (χ0v) is 14.8. The van der Waals surface area contributed by atoms with Gasteiger partial charge in [-0.1, -0.05) is 0 Å². The van der Waals surface area contributed by atoms with Crippen LogP contribution < -0.4 is 10.4 Å². The van der Waals surface area contributed by atoms with Crippen molar-refractivity contribution in [2.75, 3.05) is 25.2 Å². The van der Waals surface area contributed by atoms with Gasteiger partial charge in [0.15, 0.2) is 16.4 Å². The fourth-order valence-corrected chi connectivity index (χ4v) is 5.11. The normalized spacial score (nSPS) is 22.0. The number of carbonyl (C=O) groups excluding carboxylic acids is 1. The van der Waals surface area contributed by atoms with Crippen LogP contribution in [0.3, 0.4) is 0 Å². The molecule has 1 saturated heterocycles. The van der Waals surface area contributed by atoms with E-state index in [0.717, 1.165) is 5.39 Å². The molecule has 2 heterocycles. The van der Waals surface area contributed by atoms with E-state index in [9.17, 15) is 18.0 Å². The fourth-order valence-electron chi connectivity index (χ4n) is 2.93. The highest BCUT2D eigenvalue weighted by Gasteiger charge is 2.43. The van der Waals surface area contributed by atoms with Crippen molar-refractivity contribution < 1.29 is 22.4 Å². The predicted molar refractivity (Wildman–Crippen MR) is 92.4 cm³/mol. The van der Waals surface area contributed by atoms with Gasteiger partial charge in [-0.25, -0.2) is 13.2 Å². The highest BCUT2D eigenvalue weighted by molar-refractivity contribution is 7.91. The van der Waals surface area contributed by atoms with Crippen LogP contribution in [-0.4, -0.2) is 49.9 Å². The minimum absolute atomic E-state index is 0.0383. The molecule has 1 fully saturated rings. The van der Waals surface area contributed by atoms with Crippen molar-refractivity contribution >= 4 is 26.7 Å². The summed E-state index contributed by atoms with van der Waals surface area (Å²) < 4.78 is 34.0. The predicted octanol–water partition coefficient (Wildman–Crippen LogP) is 1.21. The summed E-state index contributed by atoms with van der Waals surface area (Å²) in [6.45, 7) is 1.54. The van der Waals surface area contributed by atoms with Crippen molar-refractivity contribution in [3.8, 4) is 5.75 Å². The number of rotatable bonds is 4. The highest BCUT2D eigenvalue weighted by atomic mass is 32.2. The monoisotopic (exact) mass is 365 g/mol. The number of hydrogen-bond acceptors (Lipinski definition) is 6. The summed E-state index contributed by atoms with van der Waals surface area (Å²) in [6, 6.07) is 7.93. The Labute approximate surface area is 145 Å². The van der Waals surface area contributed by atoms with Crippen LogP contribution in [0.2, 0.25) is 0 Å². The molecule has 7 nitrogen and oxygen atoms in total. The molecule has 1 aromatic carbocycles. The SMILES string of the molecule is CN(C(=O)COc1ccc2ccc(=O)oc2c1)[C@]1(C)CCS(=O)(=O)C1. The van der Waals surface area contributed by atoms with E-state index in [4.69, 9.17) is 9.15 Å². The van der Waals surface area contributed by atoms with Gasteiger partial charge in [0.25, 0.3) is 5.91 Å². The largest absolute Gasteiger partial charge is 0.484 e. The average molecular weight is 365 g/mol. The van der Waals surface area contributed by atoms with Crippen molar-refractivity contribution in [3.05, 3.63) is 40.8 Å². The van der Waals surface area contributed by atoms with E-state index in [1.807, 2.05) is 0 Å². The molecular formula is C17H19NO6S. The number of likely N-dealkylation sites (N-methyl/N-ethyl adjacent to an activating group) is 1. The van der Waals surface area contributed by atoms with E-state index < -0.39 is 21.0 Å². The first kappa shape index (κ1) is 17.5. The molecule has 134 valence electrons. The Bertz CT molecular complexity index is 980. The number of hydrogen-bond donors (Lipinski definition) is 0. The summed E-state index contributed by atoms with van der Waals surface area (Å²) in [5, 5.41) is 0.749. The van der Waals surface area contributed by atoms with Crippen molar-refractivity contribution in [1.29, 1.82) is 0 Å². The van der Waals surface area contributed by atoms with Gasteiger partial charge >= 0.3 is 5.63 Å². The summed E-state index contributed by atoms with van der Waals surface area (Å²) >= 11 is 0. The standard InChI is InChI=1S/C17H19NO6S/c1-17(7-8-25(21,22)11-17)18(2)15(19)10-23-13-5-3-12-4-6-16(20)24-14(12)9-13/h3-6,9H,7-8,10-11H2,1-2H3/t17-/m1/s1. The lowest BCUT2D eigenvalue weighted by atomic mass is 10.00. The van der Waals surface area contributed by atoms with Crippen LogP contribution in [0.25, 0.3) is 11.0 Å². The zero-order chi connectivity index (χ0) is 18.2. The molecule has 1 atom stereocenters. The first-order valence-corrected chi connectivity index (χ1v) is 9.65. The molecule has 25 heavy (non-hydrogen) atoms. The van der Waals surface area contributed by atoms with Crippen LogP contribution in [-0.2, 0) is 14.6 Å². The lowest BCUT2D eigenvalue weighted by Crippen LogP contribution is -2.49. The minimum atomic E-state index is -3.10. The molecule has 0 aliphatic carbocycles. The minimum Gasteiger partial charge on any atom is -0.484 e. The molecule has 0 unspecified atom stereocenters. The Hall–Kier alpha value is -2.35. The van der Waals surface area contributed by atoms with Crippen molar-refractivity contribution in [3.63, 3.8) is 0 Å². The highest BCUT2D eigenvalue weighted by Crippen LogP contribution is 2.28. The number of sulfone groups is 1. The maximum absolute atomic E-state index is 12.4. The number of nitrogens with zero attached hydrogens (tertiary/aromatic N) is 1. The summed E-state index contributed by atoms with van der Waals surface area (Å²) in [5.74, 6) is 0.136. The van der Waals surface area contributed by atoms with Crippen LogP contribution in [0.5, 0.6) is 5.75 Å². The molecule has 1 aliphatic rings. The second kappa shape index (κ2) is 6.18. The van der Waals surface area contributed by atoms with Crippen molar-refractivity contribution in [2.24, 2.45) is 0 Å². The molecule has 0 spiro atoms. The summed E-state index contributed by atoms with van der Waals surface area (Å²) in [5.41, 5.74) is -0.800. The van der Waals surface area contributed by atoms with E-state index >= 15 is 0 Å². The molecule has 2 aromatic rings. The molecular weight excluding hydrogens is 346 g/mol. The van der Waals surface area contributed by atoms with Gasteiger partial charge in [0, 0.05) is 24.6 Å². The summed E-state index contributed by atoms with van der Waals surface area (Å²) in [7, 11) is -1.52. The van der Waals surface area contributed by atoms with Gasteiger partial charge in [0.2, 0.25) is 0 Å². The average Bonchev–Trinajstić information content (AvgIpc) is 2.85. The first-order valence-electron chi connectivity index (χ1n) is 7.82. The van der Waals surface area contributed by atoms with Crippen LogP contribution in [0.1, 0.15) is 13.3 Å². The molecule has 3 rings (SSSR count). The van der Waals surface area contributed by atoms with Crippen LogP contribution in [0.15, 0.2) is 39.5 Å². The van der Waals surface area contributed by atoms with Gasteiger partial charge in [-0.3, -0.25) is 4.79 Å². The van der Waals surface area contributed by atoms with Gasteiger partial charge in [-0.15, -0.1) is 0 Å². The third kappa shape index (κ3) is 3.68. The van der Waals surface area contributed by atoms with Gasteiger partial charge in [-0.05, 0) is 31.5 Å². The Morgan fingerprint density at radius 2 is 2.04 bits per heavy atom. The van der Waals surface area contributed by atoms with Gasteiger partial charge in [0.1, 0.15) is 11.3 Å². The molecule has 0 saturated carbocycles. The first-order chi connectivity index (χ1) is 11.7. The van der Waals surface area contributed by atoms with Crippen molar-refractivity contribution in [2.45, 2.75) is 18.9 Å². The topological polar surface area (TPSA) is 93.9 Å². The smallest absolute Gasteiger partial charge is 0.336 e. The lowest BCUT2D eigenvalue weighted by molar-refractivity contribution is -0.136.